The number of carbonyl (C=O) groups is 1. The summed E-state index contributed by atoms with van der Waals surface area (Å²) in [5.74, 6) is 0.475. The number of aromatic nitrogens is 1. The number of nitro groups is 1. The van der Waals surface area contributed by atoms with Crippen LogP contribution < -0.4 is 19.6 Å². The van der Waals surface area contributed by atoms with E-state index in [1.807, 2.05) is 0 Å². The fourth-order valence-electron chi connectivity index (χ4n) is 4.48. The summed E-state index contributed by atoms with van der Waals surface area (Å²) in [6.07, 6.45) is 1.58. The summed E-state index contributed by atoms with van der Waals surface area (Å²) in [5.41, 5.74) is 1.26. The van der Waals surface area contributed by atoms with Gasteiger partial charge in [0.1, 0.15) is 23.3 Å². The molecular formula is C28H22ClN3O7S. The second kappa shape index (κ2) is 10.9. The van der Waals surface area contributed by atoms with E-state index in [1.165, 1.54) is 29.9 Å². The van der Waals surface area contributed by atoms with Gasteiger partial charge in [-0.1, -0.05) is 41.1 Å². The first-order chi connectivity index (χ1) is 19.2. The van der Waals surface area contributed by atoms with Crippen molar-refractivity contribution in [3.8, 4) is 17.1 Å². The summed E-state index contributed by atoms with van der Waals surface area (Å²) in [5, 5.41) is 11.5. The van der Waals surface area contributed by atoms with Crippen molar-refractivity contribution in [2.75, 3.05) is 13.7 Å². The second-order valence-corrected chi connectivity index (χ2v) is 10.1. The quantitative estimate of drug-likeness (QED) is 0.177. The van der Waals surface area contributed by atoms with Crippen LogP contribution in [0.2, 0.25) is 5.02 Å². The third kappa shape index (κ3) is 4.85. The van der Waals surface area contributed by atoms with Crippen molar-refractivity contribution < 1.29 is 23.6 Å². The minimum Gasteiger partial charge on any atom is -0.496 e. The van der Waals surface area contributed by atoms with E-state index in [2.05, 4.69) is 4.99 Å². The average Bonchev–Trinajstić information content (AvgIpc) is 3.52. The molecule has 1 aliphatic heterocycles. The van der Waals surface area contributed by atoms with E-state index in [4.69, 9.17) is 25.5 Å². The van der Waals surface area contributed by atoms with Crippen molar-refractivity contribution in [2.24, 2.45) is 4.99 Å². The number of non-ortho nitro benzene ring substituents is 1. The Labute approximate surface area is 236 Å². The Morgan fingerprint density at radius 2 is 2.02 bits per heavy atom. The van der Waals surface area contributed by atoms with Crippen LogP contribution in [-0.2, 0) is 9.53 Å². The van der Waals surface area contributed by atoms with Crippen LogP contribution in [0.1, 0.15) is 31.2 Å². The zero-order chi connectivity index (χ0) is 28.6. The maximum atomic E-state index is 13.8. The molecule has 40 heavy (non-hydrogen) atoms. The topological polar surface area (TPSA) is 126 Å². The van der Waals surface area contributed by atoms with Gasteiger partial charge in [-0.05, 0) is 43.7 Å². The fourth-order valence-corrected chi connectivity index (χ4v) is 5.75. The average molecular weight is 580 g/mol. The molecule has 0 bridgehead atoms. The molecule has 204 valence electrons. The van der Waals surface area contributed by atoms with E-state index in [9.17, 15) is 19.7 Å². The molecule has 0 spiro atoms. The first kappa shape index (κ1) is 27.1. The van der Waals surface area contributed by atoms with E-state index in [1.54, 1.807) is 56.3 Å². The first-order valence-electron chi connectivity index (χ1n) is 12.1. The van der Waals surface area contributed by atoms with Crippen LogP contribution in [-0.4, -0.2) is 29.2 Å². The Balaban J connectivity index is 1.62. The maximum absolute atomic E-state index is 13.8. The summed E-state index contributed by atoms with van der Waals surface area (Å²) in [6.45, 7) is 3.57. The highest BCUT2D eigenvalue weighted by atomic mass is 35.5. The van der Waals surface area contributed by atoms with Crippen LogP contribution in [0, 0.1) is 10.1 Å². The number of hydrogen-bond acceptors (Lipinski definition) is 9. The fraction of sp³-hybridized carbons (Fsp3) is 0.179. The zero-order valence-electron chi connectivity index (χ0n) is 21.5. The molecular weight excluding hydrogens is 558 g/mol. The van der Waals surface area contributed by atoms with Gasteiger partial charge in [0.05, 0.1) is 46.1 Å². The predicted molar refractivity (Wildman–Crippen MR) is 149 cm³/mol. The molecule has 0 radical (unpaired) electrons. The van der Waals surface area contributed by atoms with E-state index in [-0.39, 0.29) is 29.2 Å². The number of hydrogen-bond donors (Lipinski definition) is 0. The molecule has 0 aliphatic carbocycles. The summed E-state index contributed by atoms with van der Waals surface area (Å²) >= 11 is 7.68. The highest BCUT2D eigenvalue weighted by molar-refractivity contribution is 7.07. The number of ether oxygens (including phenoxy) is 2. The Morgan fingerprint density at radius 3 is 2.73 bits per heavy atom. The molecule has 0 unspecified atom stereocenters. The van der Waals surface area contributed by atoms with E-state index in [0.717, 1.165) is 11.3 Å². The van der Waals surface area contributed by atoms with Gasteiger partial charge in [0.2, 0.25) is 0 Å². The van der Waals surface area contributed by atoms with Gasteiger partial charge >= 0.3 is 5.97 Å². The summed E-state index contributed by atoms with van der Waals surface area (Å²) in [4.78, 5) is 42.3. The van der Waals surface area contributed by atoms with Crippen molar-refractivity contribution in [2.45, 2.75) is 19.9 Å². The van der Waals surface area contributed by atoms with Crippen molar-refractivity contribution in [1.29, 1.82) is 0 Å². The van der Waals surface area contributed by atoms with Crippen molar-refractivity contribution in [3.05, 3.63) is 112 Å². The van der Waals surface area contributed by atoms with Gasteiger partial charge in [-0.15, -0.1) is 0 Å². The van der Waals surface area contributed by atoms with Gasteiger partial charge in [0.25, 0.3) is 11.2 Å². The SMILES string of the molecule is CCOC(=O)C1=C(C)N=c2sc(=Cc3ccc(-c4ccc([N+](=O)[O-])cc4OC)o3)c(=O)n2[C@@H]1c1ccccc1Cl. The minimum absolute atomic E-state index is 0.112. The van der Waals surface area contributed by atoms with E-state index < -0.39 is 16.9 Å². The van der Waals surface area contributed by atoms with Crippen LogP contribution in [0.3, 0.4) is 0 Å². The van der Waals surface area contributed by atoms with Crippen molar-refractivity contribution >= 4 is 40.7 Å². The predicted octanol–water partition coefficient (Wildman–Crippen LogP) is 4.63. The largest absolute Gasteiger partial charge is 0.496 e. The van der Waals surface area contributed by atoms with Crippen LogP contribution in [0.15, 0.2) is 80.1 Å². The number of fused-ring (bicyclic) bond motifs is 1. The molecule has 0 saturated carbocycles. The van der Waals surface area contributed by atoms with Crippen LogP contribution in [0.5, 0.6) is 5.75 Å². The lowest BCUT2D eigenvalue weighted by Crippen LogP contribution is -2.40. The number of halogens is 1. The Morgan fingerprint density at radius 1 is 1.25 bits per heavy atom. The lowest BCUT2D eigenvalue weighted by molar-refractivity contribution is -0.384. The van der Waals surface area contributed by atoms with Crippen LogP contribution >= 0.6 is 22.9 Å². The molecule has 0 fully saturated rings. The summed E-state index contributed by atoms with van der Waals surface area (Å²) in [7, 11) is 1.41. The molecule has 3 heterocycles. The third-order valence-corrected chi connectivity index (χ3v) is 7.61. The monoisotopic (exact) mass is 579 g/mol. The number of esters is 1. The van der Waals surface area contributed by atoms with Gasteiger partial charge in [-0.3, -0.25) is 19.5 Å². The van der Waals surface area contributed by atoms with Gasteiger partial charge in [-0.2, -0.15) is 0 Å². The number of nitrogens with zero attached hydrogens (tertiary/aromatic N) is 3. The number of nitro benzene ring substituents is 1. The number of furan rings is 1. The van der Waals surface area contributed by atoms with Crippen molar-refractivity contribution in [1.82, 2.24) is 4.57 Å². The van der Waals surface area contributed by atoms with Crippen LogP contribution in [0.25, 0.3) is 17.4 Å². The molecule has 1 aliphatic rings. The van der Waals surface area contributed by atoms with Gasteiger partial charge in [0, 0.05) is 17.2 Å². The second-order valence-electron chi connectivity index (χ2n) is 8.67. The molecule has 1 atom stereocenters. The third-order valence-electron chi connectivity index (χ3n) is 6.28. The molecule has 0 saturated heterocycles. The lowest BCUT2D eigenvalue weighted by Gasteiger charge is -2.25. The lowest BCUT2D eigenvalue weighted by atomic mass is 9.96. The van der Waals surface area contributed by atoms with Crippen LogP contribution in [0.4, 0.5) is 5.69 Å². The molecule has 2 aromatic heterocycles. The smallest absolute Gasteiger partial charge is 0.338 e. The molecule has 5 rings (SSSR count). The number of thiazole rings is 1. The number of allylic oxidation sites excluding steroid dienone is 1. The van der Waals surface area contributed by atoms with Gasteiger partial charge < -0.3 is 13.9 Å². The highest BCUT2D eigenvalue weighted by Gasteiger charge is 2.34. The van der Waals surface area contributed by atoms with Gasteiger partial charge in [-0.25, -0.2) is 9.79 Å². The van der Waals surface area contributed by atoms with Crippen molar-refractivity contribution in [3.63, 3.8) is 0 Å². The number of carbonyl (C=O) groups excluding carboxylic acids is 1. The molecule has 12 heteroatoms. The maximum Gasteiger partial charge on any atom is 0.338 e. The Bertz CT molecular complexity index is 1870. The Kier molecular flexibility index (Phi) is 7.42. The molecule has 4 aromatic rings. The number of benzene rings is 2. The standard InChI is InChI=1S/C28H22ClN3O7S/c1-4-38-27(34)24-15(2)30-28-31(25(24)18-7-5-6-8-20(18)29)26(33)23(40-28)14-17-10-12-21(39-17)19-11-9-16(32(35)36)13-22(19)37-3/h5-14,25H,4H2,1-3H3/t25-/m1/s1. The van der Waals surface area contributed by atoms with E-state index in [0.29, 0.717) is 42.7 Å². The molecule has 0 N–H and O–H groups in total. The first-order valence-corrected chi connectivity index (χ1v) is 13.3. The summed E-state index contributed by atoms with van der Waals surface area (Å²) in [6, 6.07) is 13.7. The summed E-state index contributed by atoms with van der Waals surface area (Å²) < 4.78 is 18.4. The normalized spacial score (nSPS) is 15.0. The molecule has 0 amide bonds. The molecule has 2 aromatic carbocycles. The minimum atomic E-state index is -0.831. The van der Waals surface area contributed by atoms with Gasteiger partial charge in [0.15, 0.2) is 4.80 Å². The van der Waals surface area contributed by atoms with E-state index >= 15 is 0 Å². The molecule has 10 nitrogen and oxygen atoms in total. The Hall–Kier alpha value is -4.48. The number of methoxy groups -OCH3 is 1. The number of rotatable bonds is 7. The zero-order valence-corrected chi connectivity index (χ0v) is 23.1. The highest BCUT2D eigenvalue weighted by Crippen LogP contribution is 2.35.